The molecule has 1 heterocycles. The molecule has 3 aromatic rings. The average molecular weight is 628 g/mol. The number of benzene rings is 2. The summed E-state index contributed by atoms with van der Waals surface area (Å²) in [7, 11) is 0. The van der Waals surface area contributed by atoms with E-state index in [1.165, 1.54) is 56.1 Å². The highest BCUT2D eigenvalue weighted by molar-refractivity contribution is 5.15. The largest absolute Gasteiger partial charge is 0.248 e. The Morgan fingerprint density at radius 1 is 0.652 bits per heavy atom. The lowest BCUT2D eigenvalue weighted by Crippen LogP contribution is -2.01. The van der Waals surface area contributed by atoms with Crippen LogP contribution in [0.2, 0.25) is 0 Å². The van der Waals surface area contributed by atoms with Gasteiger partial charge in [-0.3, -0.25) is 0 Å². The summed E-state index contributed by atoms with van der Waals surface area (Å²) in [6, 6.07) is 20.9. The predicted molar refractivity (Wildman–Crippen MR) is 202 cm³/mol. The Morgan fingerprint density at radius 3 is 1.48 bits per heavy atom. The van der Waals surface area contributed by atoms with Crippen LogP contribution in [0.3, 0.4) is 0 Å². The van der Waals surface area contributed by atoms with E-state index in [1.807, 2.05) is 29.1 Å². The van der Waals surface area contributed by atoms with Crippen molar-refractivity contribution < 1.29 is 0 Å². The van der Waals surface area contributed by atoms with Gasteiger partial charge in [0.15, 0.2) is 0 Å². The molecule has 2 aliphatic carbocycles. The van der Waals surface area contributed by atoms with Crippen molar-refractivity contribution >= 4 is 0 Å². The van der Waals surface area contributed by atoms with Crippen molar-refractivity contribution in [1.82, 2.24) is 15.0 Å². The first-order valence-corrected chi connectivity index (χ1v) is 18.3. The van der Waals surface area contributed by atoms with E-state index in [0.29, 0.717) is 11.8 Å². The summed E-state index contributed by atoms with van der Waals surface area (Å²) in [6.45, 7) is 23.2. The number of nitrogens with zero attached hydrogens (tertiary/aromatic N) is 3. The third-order valence-corrected chi connectivity index (χ3v) is 8.31. The van der Waals surface area contributed by atoms with Gasteiger partial charge in [0.1, 0.15) is 0 Å². The van der Waals surface area contributed by atoms with Gasteiger partial charge in [0.25, 0.3) is 0 Å². The van der Waals surface area contributed by atoms with Crippen LogP contribution in [-0.4, -0.2) is 15.0 Å². The fraction of sp³-hybridized carbons (Fsp3) is 0.628. The van der Waals surface area contributed by atoms with Crippen LogP contribution in [0.15, 0.2) is 66.9 Å². The lowest BCUT2D eigenvalue weighted by molar-refractivity contribution is 0.396. The van der Waals surface area contributed by atoms with Crippen molar-refractivity contribution in [3.8, 4) is 12.3 Å². The number of hydrogen-bond acceptors (Lipinski definition) is 2. The van der Waals surface area contributed by atoms with Crippen LogP contribution >= 0.6 is 0 Å². The molecule has 0 aliphatic heterocycles. The minimum atomic E-state index is 0.627. The second-order valence-electron chi connectivity index (χ2n) is 15.2. The molecule has 0 spiro atoms. The van der Waals surface area contributed by atoms with E-state index in [1.54, 1.807) is 0 Å². The van der Waals surface area contributed by atoms with Crippen molar-refractivity contribution in [1.29, 1.82) is 0 Å². The minimum Gasteiger partial charge on any atom is -0.248 e. The van der Waals surface area contributed by atoms with Crippen LogP contribution in [0.5, 0.6) is 0 Å². The van der Waals surface area contributed by atoms with Gasteiger partial charge < -0.3 is 0 Å². The monoisotopic (exact) mass is 628 g/mol. The number of rotatable bonds is 9. The third kappa shape index (κ3) is 21.8. The molecule has 0 saturated heterocycles. The van der Waals surface area contributed by atoms with Gasteiger partial charge in [-0.15, -0.1) is 17.4 Å². The van der Waals surface area contributed by atoms with Gasteiger partial charge in [0, 0.05) is 12.6 Å². The third-order valence-electron chi connectivity index (χ3n) is 8.31. The summed E-state index contributed by atoms with van der Waals surface area (Å²) >= 11 is 0. The number of hydrogen-bond donors (Lipinski definition) is 0. The summed E-state index contributed by atoms with van der Waals surface area (Å²) in [4.78, 5) is 0. The summed E-state index contributed by atoms with van der Waals surface area (Å²) < 4.78 is 1.90. The maximum atomic E-state index is 4.98. The van der Waals surface area contributed by atoms with Gasteiger partial charge in [0.2, 0.25) is 0 Å². The molecular formula is C43H69N3. The quantitative estimate of drug-likeness (QED) is 0.221. The Kier molecular flexibility index (Phi) is 21.8. The zero-order valence-corrected chi connectivity index (χ0v) is 31.4. The van der Waals surface area contributed by atoms with Gasteiger partial charge in [0.05, 0.1) is 12.2 Å². The molecule has 0 unspecified atom stereocenters. The number of terminal acetylenes is 1. The fourth-order valence-corrected chi connectivity index (χ4v) is 5.41. The van der Waals surface area contributed by atoms with Crippen LogP contribution in [0.25, 0.3) is 0 Å². The van der Waals surface area contributed by atoms with E-state index in [4.69, 9.17) is 6.42 Å². The maximum Gasteiger partial charge on any atom is 0.0829 e. The predicted octanol–water partition coefficient (Wildman–Crippen LogP) is 12.0. The molecule has 0 amide bonds. The summed E-state index contributed by atoms with van der Waals surface area (Å²) in [6.07, 6.45) is 19.1. The van der Waals surface area contributed by atoms with E-state index < -0.39 is 0 Å². The molecule has 3 heteroatoms. The first-order chi connectivity index (χ1) is 21.9. The second-order valence-corrected chi connectivity index (χ2v) is 15.2. The molecule has 1 aromatic heterocycles. The highest BCUT2D eigenvalue weighted by Gasteiger charge is 2.24. The first kappa shape index (κ1) is 41.2. The van der Waals surface area contributed by atoms with Crippen LogP contribution in [0, 0.1) is 53.8 Å². The molecule has 2 fully saturated rings. The minimum absolute atomic E-state index is 0.627. The molecular weight excluding hydrogens is 558 g/mol. The lowest BCUT2D eigenvalue weighted by Gasteiger charge is -2.11. The van der Waals surface area contributed by atoms with E-state index in [-0.39, 0.29) is 0 Å². The Balaban J connectivity index is 0.000000306. The van der Waals surface area contributed by atoms with Gasteiger partial charge in [-0.25, -0.2) is 4.68 Å². The zero-order valence-electron chi connectivity index (χ0n) is 31.4. The number of aromatic nitrogens is 3. The SMILES string of the molecule is C#CCC(C)C.CC(C)C1CC1.CC(C)C1CCCC1.CC(C)Cc1ccccc1.CC(C)Cc1cn(Cc2ccccc2)nn1. The Morgan fingerprint density at radius 2 is 1.13 bits per heavy atom. The van der Waals surface area contributed by atoms with Gasteiger partial charge >= 0.3 is 0 Å². The van der Waals surface area contributed by atoms with Crippen LogP contribution in [0.1, 0.15) is 131 Å². The first-order valence-electron chi connectivity index (χ1n) is 18.3. The van der Waals surface area contributed by atoms with Gasteiger partial charge in [-0.2, -0.15) is 0 Å². The van der Waals surface area contributed by atoms with Crippen LogP contribution < -0.4 is 0 Å². The average Bonchev–Trinajstić information content (AvgIpc) is 3.54. The van der Waals surface area contributed by atoms with Crippen molar-refractivity contribution in [3.63, 3.8) is 0 Å². The molecule has 0 radical (unpaired) electrons. The molecule has 0 atom stereocenters. The van der Waals surface area contributed by atoms with Crippen molar-refractivity contribution in [3.05, 3.63) is 83.7 Å². The lowest BCUT2D eigenvalue weighted by atomic mass is 9.95. The highest BCUT2D eigenvalue weighted by Crippen LogP contribution is 2.35. The molecule has 0 N–H and O–H groups in total. The maximum absolute atomic E-state index is 4.98. The van der Waals surface area contributed by atoms with Crippen molar-refractivity contribution in [2.75, 3.05) is 0 Å². The van der Waals surface area contributed by atoms with Crippen LogP contribution in [-0.2, 0) is 19.4 Å². The summed E-state index contributed by atoms with van der Waals surface area (Å²) in [5.41, 5.74) is 3.77. The van der Waals surface area contributed by atoms with E-state index in [0.717, 1.165) is 54.7 Å². The van der Waals surface area contributed by atoms with E-state index >= 15 is 0 Å². The van der Waals surface area contributed by atoms with Crippen LogP contribution in [0.4, 0.5) is 0 Å². The summed E-state index contributed by atoms with van der Waals surface area (Å²) in [5, 5.41) is 8.30. The molecule has 46 heavy (non-hydrogen) atoms. The van der Waals surface area contributed by atoms with Gasteiger partial charge in [-0.1, -0.05) is 161 Å². The molecule has 2 aromatic carbocycles. The smallest absolute Gasteiger partial charge is 0.0829 e. The molecule has 2 saturated carbocycles. The Labute approximate surface area is 285 Å². The normalized spacial score (nSPS) is 14.0. The zero-order chi connectivity index (χ0) is 34.3. The summed E-state index contributed by atoms with van der Waals surface area (Å²) in [5.74, 6) is 8.69. The van der Waals surface area contributed by atoms with Crippen molar-refractivity contribution in [2.45, 2.75) is 134 Å². The standard InChI is InChI=1S/C13H17N3.C10H14.C8H16.C6H12.C6H10/c1-11(2)8-13-10-16(15-14-13)9-12-6-4-3-5-7-12;1-9(2)8-10-6-4-3-5-7-10;1-7(2)8-5-3-4-6-8;1-5(2)6-3-4-6;1-4-5-6(2)3/h3-7,10-11H,8-9H2,1-2H3;3-7,9H,8H2,1-2H3;7-8H,3-6H2,1-2H3;5-6H,3-4H2,1-2H3;1,6H,5H2,2-3H3. The van der Waals surface area contributed by atoms with E-state index in [9.17, 15) is 0 Å². The molecule has 5 rings (SSSR count). The molecule has 256 valence electrons. The molecule has 3 nitrogen and oxygen atoms in total. The fourth-order valence-electron chi connectivity index (χ4n) is 5.41. The topological polar surface area (TPSA) is 30.7 Å². The van der Waals surface area contributed by atoms with E-state index in [2.05, 4.69) is 128 Å². The molecule has 2 aliphatic rings. The highest BCUT2D eigenvalue weighted by atomic mass is 15.4. The van der Waals surface area contributed by atoms with Crippen molar-refractivity contribution in [2.24, 2.45) is 41.4 Å². The Hall–Kier alpha value is -2.86. The molecule has 0 bridgehead atoms. The van der Waals surface area contributed by atoms with Gasteiger partial charge in [-0.05, 0) is 78.2 Å². The second kappa shape index (κ2) is 24.3. The Bertz CT molecular complexity index is 1140.